The minimum absolute atomic E-state index is 0.0596. The van der Waals surface area contributed by atoms with Gasteiger partial charge in [-0.15, -0.1) is 11.3 Å². The van der Waals surface area contributed by atoms with E-state index < -0.39 is 34.0 Å². The number of aromatic carboxylic acids is 1. The molecule has 0 bridgehead atoms. The summed E-state index contributed by atoms with van der Waals surface area (Å²) < 4.78 is 38.7. The fraction of sp³-hybridized carbons (Fsp3) is 0.0714. The Morgan fingerprint density at radius 3 is 2.69 bits per heavy atom. The van der Waals surface area contributed by atoms with E-state index in [1.54, 1.807) is 5.10 Å². The highest BCUT2D eigenvalue weighted by Crippen LogP contribution is 2.37. The molecule has 134 valence electrons. The van der Waals surface area contributed by atoms with Gasteiger partial charge in [0.1, 0.15) is 16.3 Å². The van der Waals surface area contributed by atoms with E-state index in [2.05, 4.69) is 10.1 Å². The van der Waals surface area contributed by atoms with Gasteiger partial charge in [-0.2, -0.15) is 18.3 Å². The molecule has 12 heteroatoms. The van der Waals surface area contributed by atoms with Gasteiger partial charge in [0.25, 0.3) is 5.69 Å². The fourth-order valence-corrected chi connectivity index (χ4v) is 3.03. The van der Waals surface area contributed by atoms with Crippen LogP contribution in [0.3, 0.4) is 0 Å². The Hall–Kier alpha value is -3.28. The highest BCUT2D eigenvalue weighted by molar-refractivity contribution is 7.13. The maximum Gasteiger partial charge on any atom is 0.433 e. The first-order chi connectivity index (χ1) is 12.2. The van der Waals surface area contributed by atoms with E-state index in [9.17, 15) is 28.1 Å². The summed E-state index contributed by atoms with van der Waals surface area (Å²) in [5.41, 5.74) is -2.52. The van der Waals surface area contributed by atoms with Crippen LogP contribution in [0.15, 0.2) is 29.6 Å². The molecule has 1 aromatic carbocycles. The summed E-state index contributed by atoms with van der Waals surface area (Å²) in [6.45, 7) is 0. The van der Waals surface area contributed by atoms with Crippen LogP contribution >= 0.6 is 11.3 Å². The van der Waals surface area contributed by atoms with Gasteiger partial charge in [0, 0.05) is 23.1 Å². The number of hydrogen-bond donors (Lipinski definition) is 2. The first kappa shape index (κ1) is 17.5. The summed E-state index contributed by atoms with van der Waals surface area (Å²) in [6, 6.07) is 5.51. The third kappa shape index (κ3) is 3.13. The molecule has 0 aliphatic carbocycles. The number of nitrogens with one attached hydrogen (secondary N) is 1. The van der Waals surface area contributed by atoms with Gasteiger partial charge in [0.2, 0.25) is 0 Å². The van der Waals surface area contributed by atoms with Gasteiger partial charge in [-0.1, -0.05) is 12.1 Å². The molecule has 3 rings (SSSR count). The number of nitro groups is 1. The molecule has 0 spiro atoms. The lowest BCUT2D eigenvalue weighted by molar-refractivity contribution is -0.384. The topological polar surface area (TPSA) is 122 Å². The van der Waals surface area contributed by atoms with Crippen molar-refractivity contribution in [2.24, 2.45) is 0 Å². The Bertz CT molecular complexity index is 1010. The second-order valence-electron chi connectivity index (χ2n) is 4.97. The quantitative estimate of drug-likeness (QED) is 0.521. The number of thiazole rings is 1. The highest BCUT2D eigenvalue weighted by Gasteiger charge is 2.40. The number of carbonyl (C=O) groups is 1. The standard InChI is InChI=1S/C14H7F3N4O4S/c15-14(16,17)11-9(13(22)23)10(19-20-11)12-18-8(5-26-12)6-2-1-3-7(4-6)21(24)25/h1-5H,(H,19,20)(H,22,23). The molecule has 0 saturated heterocycles. The zero-order valence-corrected chi connectivity index (χ0v) is 13.3. The number of nitrogens with zero attached hydrogens (tertiary/aromatic N) is 3. The molecule has 0 unspecified atom stereocenters. The summed E-state index contributed by atoms with van der Waals surface area (Å²) in [6.07, 6.45) is -4.92. The van der Waals surface area contributed by atoms with Crippen LogP contribution in [0.4, 0.5) is 18.9 Å². The van der Waals surface area contributed by atoms with Gasteiger partial charge in [0.15, 0.2) is 5.69 Å². The highest BCUT2D eigenvalue weighted by atomic mass is 32.1. The van der Waals surface area contributed by atoms with Crippen LogP contribution in [0.1, 0.15) is 16.1 Å². The molecular weight excluding hydrogens is 377 g/mol. The van der Waals surface area contributed by atoms with E-state index in [1.807, 2.05) is 0 Å². The van der Waals surface area contributed by atoms with Crippen LogP contribution in [0, 0.1) is 10.1 Å². The number of carboxylic acid groups (broad SMARTS) is 1. The molecule has 0 aliphatic rings. The third-order valence-electron chi connectivity index (χ3n) is 3.32. The lowest BCUT2D eigenvalue weighted by Gasteiger charge is -2.04. The van der Waals surface area contributed by atoms with Crippen LogP contribution in [0.2, 0.25) is 0 Å². The van der Waals surface area contributed by atoms with Crippen molar-refractivity contribution in [1.29, 1.82) is 0 Å². The van der Waals surface area contributed by atoms with Crippen molar-refractivity contribution < 1.29 is 28.0 Å². The maximum absolute atomic E-state index is 12.9. The number of benzene rings is 1. The van der Waals surface area contributed by atoms with Crippen LogP contribution < -0.4 is 0 Å². The first-order valence-electron chi connectivity index (χ1n) is 6.78. The Morgan fingerprint density at radius 2 is 2.08 bits per heavy atom. The van der Waals surface area contributed by atoms with Gasteiger partial charge in [-0.25, -0.2) is 9.78 Å². The predicted octanol–water partition coefficient (Wildman–Crippen LogP) is 3.83. The van der Waals surface area contributed by atoms with Crippen molar-refractivity contribution in [3.05, 3.63) is 51.0 Å². The average Bonchev–Trinajstić information content (AvgIpc) is 3.21. The van der Waals surface area contributed by atoms with Gasteiger partial charge in [-0.05, 0) is 0 Å². The number of hydrogen-bond acceptors (Lipinski definition) is 6. The molecule has 2 aromatic heterocycles. The second-order valence-corrected chi connectivity index (χ2v) is 5.83. The minimum Gasteiger partial charge on any atom is -0.478 e. The summed E-state index contributed by atoms with van der Waals surface area (Å²) in [5.74, 6) is -1.80. The number of aromatic amines is 1. The summed E-state index contributed by atoms with van der Waals surface area (Å²) in [5, 5.41) is 26.5. The molecule has 3 aromatic rings. The fourth-order valence-electron chi connectivity index (χ4n) is 2.20. The summed E-state index contributed by atoms with van der Waals surface area (Å²) in [7, 11) is 0. The number of non-ortho nitro benzene ring substituents is 1. The molecule has 8 nitrogen and oxygen atoms in total. The lowest BCUT2D eigenvalue weighted by Crippen LogP contribution is -2.12. The number of carboxylic acids is 1. The largest absolute Gasteiger partial charge is 0.478 e. The Kier molecular flexibility index (Phi) is 4.20. The zero-order valence-electron chi connectivity index (χ0n) is 12.4. The van der Waals surface area contributed by atoms with Gasteiger partial charge >= 0.3 is 12.1 Å². The number of H-pyrrole nitrogens is 1. The van der Waals surface area contributed by atoms with Crippen molar-refractivity contribution in [1.82, 2.24) is 15.2 Å². The Labute approximate surface area is 146 Å². The van der Waals surface area contributed by atoms with E-state index in [0.29, 0.717) is 5.56 Å². The van der Waals surface area contributed by atoms with Crippen LogP contribution in [0.25, 0.3) is 22.0 Å². The average molecular weight is 384 g/mol. The number of rotatable bonds is 4. The van der Waals surface area contributed by atoms with Crippen molar-refractivity contribution in [3.63, 3.8) is 0 Å². The van der Waals surface area contributed by atoms with Crippen LogP contribution in [0.5, 0.6) is 0 Å². The van der Waals surface area contributed by atoms with E-state index >= 15 is 0 Å². The SMILES string of the molecule is O=C(O)c1c(-c2nc(-c3cccc([N+](=O)[O-])c3)cs2)n[nH]c1C(F)(F)F. The Morgan fingerprint density at radius 1 is 1.35 bits per heavy atom. The number of alkyl halides is 3. The number of halogens is 3. The molecular formula is C14H7F3N4O4S. The van der Waals surface area contributed by atoms with Gasteiger partial charge in [-0.3, -0.25) is 15.2 Å². The second kappa shape index (κ2) is 6.22. The molecule has 0 atom stereocenters. The minimum atomic E-state index is -4.92. The number of nitro benzene ring substituents is 1. The van der Waals surface area contributed by atoms with Crippen molar-refractivity contribution in [2.45, 2.75) is 6.18 Å². The van der Waals surface area contributed by atoms with E-state index in [0.717, 1.165) is 11.3 Å². The lowest BCUT2D eigenvalue weighted by atomic mass is 10.1. The van der Waals surface area contributed by atoms with Crippen molar-refractivity contribution >= 4 is 23.0 Å². The van der Waals surface area contributed by atoms with Gasteiger partial charge < -0.3 is 5.11 Å². The molecule has 0 radical (unpaired) electrons. The van der Waals surface area contributed by atoms with E-state index in [1.165, 1.54) is 29.6 Å². The van der Waals surface area contributed by atoms with Crippen LogP contribution in [-0.4, -0.2) is 31.2 Å². The van der Waals surface area contributed by atoms with Crippen molar-refractivity contribution in [2.75, 3.05) is 0 Å². The van der Waals surface area contributed by atoms with Crippen molar-refractivity contribution in [3.8, 4) is 22.0 Å². The maximum atomic E-state index is 12.9. The summed E-state index contributed by atoms with van der Waals surface area (Å²) >= 11 is 0.873. The molecule has 2 heterocycles. The van der Waals surface area contributed by atoms with Crippen LogP contribution in [-0.2, 0) is 6.18 Å². The monoisotopic (exact) mass is 384 g/mol. The molecule has 0 aliphatic heterocycles. The van der Waals surface area contributed by atoms with E-state index in [4.69, 9.17) is 5.11 Å². The molecule has 26 heavy (non-hydrogen) atoms. The normalized spacial score (nSPS) is 11.5. The van der Waals surface area contributed by atoms with E-state index in [-0.39, 0.29) is 16.4 Å². The molecule has 0 fully saturated rings. The summed E-state index contributed by atoms with van der Waals surface area (Å²) in [4.78, 5) is 25.6. The van der Waals surface area contributed by atoms with Gasteiger partial charge in [0.05, 0.1) is 10.6 Å². The first-order valence-corrected chi connectivity index (χ1v) is 7.66. The molecule has 0 amide bonds. The smallest absolute Gasteiger partial charge is 0.433 e. The zero-order chi connectivity index (χ0) is 19.1. The molecule has 0 saturated carbocycles. The third-order valence-corrected chi connectivity index (χ3v) is 4.17. The number of aromatic nitrogens is 3. The molecule has 2 N–H and O–H groups in total. The predicted molar refractivity (Wildman–Crippen MR) is 83.7 cm³/mol. The Balaban J connectivity index is 2.06.